The van der Waals surface area contributed by atoms with Crippen LogP contribution in [-0.4, -0.2) is 65.1 Å². The minimum Gasteiger partial charge on any atom is -0.369 e. The van der Waals surface area contributed by atoms with E-state index in [4.69, 9.17) is 5.73 Å². The molecule has 3 heterocycles. The van der Waals surface area contributed by atoms with Gasteiger partial charge in [-0.2, -0.15) is 0 Å². The molecule has 2 aliphatic rings. The van der Waals surface area contributed by atoms with Gasteiger partial charge in [0.05, 0.1) is 5.56 Å². The SMILES string of the molecule is CSc1ncccc1C(=O)N1CC(N2CCC(C(N)=O)CC2)C1. The van der Waals surface area contributed by atoms with Crippen LogP contribution >= 0.6 is 11.8 Å². The molecule has 0 atom stereocenters. The van der Waals surface area contributed by atoms with Crippen molar-refractivity contribution in [2.45, 2.75) is 23.9 Å². The van der Waals surface area contributed by atoms with E-state index in [1.54, 1.807) is 12.3 Å². The number of thioether (sulfide) groups is 1. The molecule has 0 bridgehead atoms. The van der Waals surface area contributed by atoms with Crippen LogP contribution in [0.1, 0.15) is 23.2 Å². The lowest BCUT2D eigenvalue weighted by Crippen LogP contribution is -2.62. The Morgan fingerprint density at radius 3 is 2.61 bits per heavy atom. The average Bonchev–Trinajstić information content (AvgIpc) is 2.53. The Kier molecular flexibility index (Phi) is 4.87. The lowest BCUT2D eigenvalue weighted by molar-refractivity contribution is -0.123. The molecule has 0 radical (unpaired) electrons. The number of primary amides is 1. The molecule has 2 amide bonds. The summed E-state index contributed by atoms with van der Waals surface area (Å²) in [6.45, 7) is 3.29. The Hall–Kier alpha value is -1.60. The van der Waals surface area contributed by atoms with E-state index in [0.717, 1.165) is 44.0 Å². The van der Waals surface area contributed by atoms with Gasteiger partial charge in [-0.1, -0.05) is 0 Å². The topological polar surface area (TPSA) is 79.5 Å². The normalized spacial score (nSPS) is 20.3. The third-order valence-electron chi connectivity index (χ3n) is 4.79. The summed E-state index contributed by atoms with van der Waals surface area (Å²) in [5, 5.41) is 0.781. The van der Waals surface area contributed by atoms with Crippen LogP contribution in [0.25, 0.3) is 0 Å². The molecule has 6 nitrogen and oxygen atoms in total. The van der Waals surface area contributed by atoms with Gasteiger partial charge in [0.1, 0.15) is 5.03 Å². The number of piperidine rings is 1. The standard InChI is InChI=1S/C16H22N4O2S/c1-23-15-13(3-2-6-18-15)16(22)20-9-12(10-20)19-7-4-11(5-8-19)14(17)21/h2-3,6,11-12H,4-5,7-10H2,1H3,(H2,17,21). The van der Waals surface area contributed by atoms with Gasteiger partial charge < -0.3 is 10.6 Å². The molecule has 3 rings (SSSR count). The summed E-state index contributed by atoms with van der Waals surface area (Å²) >= 11 is 1.49. The van der Waals surface area contributed by atoms with Gasteiger partial charge in [0.25, 0.3) is 5.91 Å². The zero-order valence-electron chi connectivity index (χ0n) is 13.3. The molecular weight excluding hydrogens is 312 g/mol. The number of carbonyl (C=O) groups is 2. The van der Waals surface area contributed by atoms with Gasteiger partial charge in [0.15, 0.2) is 0 Å². The number of hydrogen-bond acceptors (Lipinski definition) is 5. The first-order valence-electron chi connectivity index (χ1n) is 7.91. The van der Waals surface area contributed by atoms with Gasteiger partial charge in [0, 0.05) is 31.2 Å². The van der Waals surface area contributed by atoms with Crippen LogP contribution in [-0.2, 0) is 4.79 Å². The predicted octanol–water partition coefficient (Wildman–Crippen LogP) is 0.825. The fourth-order valence-electron chi connectivity index (χ4n) is 3.29. The van der Waals surface area contributed by atoms with Crippen molar-refractivity contribution in [2.24, 2.45) is 11.7 Å². The van der Waals surface area contributed by atoms with E-state index in [9.17, 15) is 9.59 Å². The van der Waals surface area contributed by atoms with Crippen LogP contribution < -0.4 is 5.73 Å². The van der Waals surface area contributed by atoms with Crippen molar-refractivity contribution >= 4 is 23.6 Å². The number of rotatable bonds is 4. The molecular formula is C16H22N4O2S. The van der Waals surface area contributed by atoms with E-state index >= 15 is 0 Å². The first kappa shape index (κ1) is 16.3. The molecule has 0 aliphatic carbocycles. The smallest absolute Gasteiger partial charge is 0.256 e. The van der Waals surface area contributed by atoms with Crippen molar-refractivity contribution in [3.05, 3.63) is 23.9 Å². The third kappa shape index (κ3) is 3.35. The molecule has 23 heavy (non-hydrogen) atoms. The van der Waals surface area contributed by atoms with Crippen LogP contribution in [0.4, 0.5) is 0 Å². The monoisotopic (exact) mass is 334 g/mol. The van der Waals surface area contributed by atoms with E-state index in [2.05, 4.69) is 9.88 Å². The molecule has 124 valence electrons. The summed E-state index contributed by atoms with van der Waals surface area (Å²) in [4.78, 5) is 32.3. The molecule has 2 fully saturated rings. The molecule has 0 aromatic carbocycles. The fourth-order valence-corrected chi connectivity index (χ4v) is 3.83. The highest BCUT2D eigenvalue weighted by Gasteiger charge is 2.37. The Morgan fingerprint density at radius 2 is 2.00 bits per heavy atom. The van der Waals surface area contributed by atoms with Crippen molar-refractivity contribution in [2.75, 3.05) is 32.4 Å². The summed E-state index contributed by atoms with van der Waals surface area (Å²) in [6.07, 6.45) is 5.31. The molecule has 0 unspecified atom stereocenters. The van der Waals surface area contributed by atoms with Crippen LogP contribution in [0.5, 0.6) is 0 Å². The second kappa shape index (κ2) is 6.88. The Labute approximate surface area is 140 Å². The summed E-state index contributed by atoms with van der Waals surface area (Å²) in [5.41, 5.74) is 6.06. The molecule has 0 saturated carbocycles. The average molecular weight is 334 g/mol. The lowest BCUT2D eigenvalue weighted by atomic mass is 9.93. The molecule has 2 N–H and O–H groups in total. The van der Waals surface area contributed by atoms with Crippen LogP contribution in [0.3, 0.4) is 0 Å². The maximum absolute atomic E-state index is 12.6. The van der Waals surface area contributed by atoms with E-state index in [0.29, 0.717) is 11.6 Å². The molecule has 1 aromatic heterocycles. The fraction of sp³-hybridized carbons (Fsp3) is 0.562. The second-order valence-corrected chi connectivity index (χ2v) is 6.93. The quantitative estimate of drug-likeness (QED) is 0.825. The van der Waals surface area contributed by atoms with E-state index < -0.39 is 0 Å². The van der Waals surface area contributed by atoms with Crippen molar-refractivity contribution in [1.29, 1.82) is 0 Å². The number of nitrogens with two attached hydrogens (primary N) is 1. The molecule has 7 heteroatoms. The van der Waals surface area contributed by atoms with Gasteiger partial charge in [-0.05, 0) is 44.3 Å². The van der Waals surface area contributed by atoms with Crippen molar-refractivity contribution in [3.8, 4) is 0 Å². The highest BCUT2D eigenvalue weighted by molar-refractivity contribution is 7.98. The summed E-state index contributed by atoms with van der Waals surface area (Å²) < 4.78 is 0. The summed E-state index contributed by atoms with van der Waals surface area (Å²) in [6, 6.07) is 4.05. The van der Waals surface area contributed by atoms with Crippen LogP contribution in [0.2, 0.25) is 0 Å². The molecule has 2 saturated heterocycles. The van der Waals surface area contributed by atoms with E-state index in [1.165, 1.54) is 11.8 Å². The van der Waals surface area contributed by atoms with Crippen molar-refractivity contribution < 1.29 is 9.59 Å². The highest BCUT2D eigenvalue weighted by atomic mass is 32.2. The predicted molar refractivity (Wildman–Crippen MR) is 89.2 cm³/mol. The number of pyridine rings is 1. The Morgan fingerprint density at radius 1 is 1.30 bits per heavy atom. The maximum Gasteiger partial charge on any atom is 0.256 e. The number of aromatic nitrogens is 1. The van der Waals surface area contributed by atoms with Gasteiger partial charge in [-0.25, -0.2) is 4.98 Å². The summed E-state index contributed by atoms with van der Waals surface area (Å²) in [5.74, 6) is -0.106. The highest BCUT2D eigenvalue weighted by Crippen LogP contribution is 2.26. The van der Waals surface area contributed by atoms with Crippen LogP contribution in [0, 0.1) is 5.92 Å². The van der Waals surface area contributed by atoms with Crippen molar-refractivity contribution in [1.82, 2.24) is 14.8 Å². The van der Waals surface area contributed by atoms with Gasteiger partial charge in [-0.3, -0.25) is 14.5 Å². The Bertz CT molecular complexity index is 595. The van der Waals surface area contributed by atoms with E-state index in [1.807, 2.05) is 17.2 Å². The van der Waals surface area contributed by atoms with Gasteiger partial charge >= 0.3 is 0 Å². The number of likely N-dealkylation sites (tertiary alicyclic amines) is 2. The van der Waals surface area contributed by atoms with Crippen LogP contribution in [0.15, 0.2) is 23.4 Å². The Balaban J connectivity index is 1.53. The zero-order valence-corrected chi connectivity index (χ0v) is 14.1. The largest absolute Gasteiger partial charge is 0.369 e. The molecule has 2 aliphatic heterocycles. The molecule has 0 spiro atoms. The third-order valence-corrected chi connectivity index (χ3v) is 5.50. The first-order valence-corrected chi connectivity index (χ1v) is 9.14. The van der Waals surface area contributed by atoms with Gasteiger partial charge in [0.2, 0.25) is 5.91 Å². The minimum atomic E-state index is -0.184. The number of amides is 2. The minimum absolute atomic E-state index is 0.0172. The van der Waals surface area contributed by atoms with Gasteiger partial charge in [-0.15, -0.1) is 11.8 Å². The summed E-state index contributed by atoms with van der Waals surface area (Å²) in [7, 11) is 0. The first-order chi connectivity index (χ1) is 11.1. The number of hydrogen-bond donors (Lipinski definition) is 1. The lowest BCUT2D eigenvalue weighted by Gasteiger charge is -2.47. The molecule has 1 aromatic rings. The number of nitrogens with zero attached hydrogens (tertiary/aromatic N) is 3. The van der Waals surface area contributed by atoms with Crippen molar-refractivity contribution in [3.63, 3.8) is 0 Å². The van der Waals surface area contributed by atoms with E-state index in [-0.39, 0.29) is 17.7 Å². The second-order valence-electron chi connectivity index (χ2n) is 6.14. The maximum atomic E-state index is 12.6. The number of carbonyl (C=O) groups excluding carboxylic acids is 2. The zero-order chi connectivity index (χ0) is 16.4.